The number of fused-ring (bicyclic) bond motifs is 6. The molecule has 0 spiro atoms. The Labute approximate surface area is 89.2 Å². The van der Waals surface area contributed by atoms with Crippen molar-refractivity contribution in [2.24, 2.45) is 0 Å². The van der Waals surface area contributed by atoms with Gasteiger partial charge in [0.25, 0.3) is 5.78 Å². The largest absolute Gasteiger partial charge is 0.255 e. The van der Waals surface area contributed by atoms with E-state index in [1.54, 1.807) is 9.03 Å². The smallest absolute Gasteiger partial charge is 0.214 e. The highest BCUT2D eigenvalue weighted by molar-refractivity contribution is 5.92. The Kier molecular flexibility index (Phi) is 1.23. The van der Waals surface area contributed by atoms with E-state index >= 15 is 0 Å². The molecule has 0 N–H and O–H groups in total. The molecule has 0 saturated heterocycles. The normalized spacial score (nSPS) is 11.8. The van der Waals surface area contributed by atoms with Gasteiger partial charge in [-0.1, -0.05) is 12.1 Å². The topological polar surface area (TPSA) is 60.4 Å². The van der Waals surface area contributed by atoms with E-state index in [-0.39, 0.29) is 0 Å². The van der Waals surface area contributed by atoms with E-state index in [4.69, 9.17) is 0 Å². The number of benzene rings is 1. The molecule has 0 aliphatic rings. The summed E-state index contributed by atoms with van der Waals surface area (Å²) in [5.74, 6) is 0.672. The van der Waals surface area contributed by atoms with Gasteiger partial charge in [0.1, 0.15) is 12.7 Å². The molecule has 3 heterocycles. The van der Waals surface area contributed by atoms with Crippen LogP contribution in [0, 0.1) is 0 Å². The lowest BCUT2D eigenvalue weighted by atomic mass is 10.2. The Morgan fingerprint density at radius 1 is 0.875 bits per heavy atom. The first-order valence-electron chi connectivity index (χ1n) is 4.85. The highest BCUT2D eigenvalue weighted by Gasteiger charge is 2.10. The molecule has 0 aliphatic heterocycles. The molecular weight excluding hydrogens is 204 g/mol. The van der Waals surface area contributed by atoms with Gasteiger partial charge >= 0.3 is 0 Å². The van der Waals surface area contributed by atoms with E-state index in [0.717, 1.165) is 16.6 Å². The molecule has 0 aliphatic carbocycles. The Morgan fingerprint density at radius 3 is 2.69 bits per heavy atom. The molecule has 0 fully saturated rings. The van der Waals surface area contributed by atoms with E-state index in [0.29, 0.717) is 5.78 Å². The van der Waals surface area contributed by atoms with Gasteiger partial charge in [-0.2, -0.15) is 24.2 Å². The van der Waals surface area contributed by atoms with Crippen molar-refractivity contribution < 1.29 is 0 Å². The number of nitrogens with zero attached hydrogens (tertiary/aromatic N) is 6. The Balaban J connectivity index is 2.51. The lowest BCUT2D eigenvalue weighted by Crippen LogP contribution is -1.99. The van der Waals surface area contributed by atoms with Crippen LogP contribution < -0.4 is 0 Å². The highest BCUT2D eigenvalue weighted by atomic mass is 15.4. The van der Waals surface area contributed by atoms with E-state index < -0.39 is 0 Å². The predicted molar refractivity (Wildman–Crippen MR) is 57.0 cm³/mol. The zero-order chi connectivity index (χ0) is 10.5. The second-order valence-corrected chi connectivity index (χ2v) is 3.48. The first-order chi connectivity index (χ1) is 7.95. The lowest BCUT2D eigenvalue weighted by molar-refractivity contribution is 0.908. The fourth-order valence-corrected chi connectivity index (χ4v) is 1.97. The van der Waals surface area contributed by atoms with Crippen LogP contribution in [0.1, 0.15) is 0 Å². The van der Waals surface area contributed by atoms with Crippen LogP contribution in [0.15, 0.2) is 36.9 Å². The quantitative estimate of drug-likeness (QED) is 0.433. The number of hydrogen-bond acceptors (Lipinski definition) is 4. The molecule has 0 saturated carbocycles. The summed E-state index contributed by atoms with van der Waals surface area (Å²) in [6.45, 7) is 0. The molecule has 0 unspecified atom stereocenters. The van der Waals surface area contributed by atoms with Crippen molar-refractivity contribution in [2.45, 2.75) is 0 Å². The van der Waals surface area contributed by atoms with Crippen LogP contribution in [0.2, 0.25) is 0 Å². The fraction of sp³-hybridized carbons (Fsp3) is 0. The van der Waals surface area contributed by atoms with Crippen LogP contribution in [0.5, 0.6) is 0 Å². The van der Waals surface area contributed by atoms with Crippen LogP contribution in [0.3, 0.4) is 0 Å². The maximum absolute atomic E-state index is 4.25. The van der Waals surface area contributed by atoms with E-state index in [9.17, 15) is 0 Å². The van der Waals surface area contributed by atoms with Crippen LogP contribution in [0.4, 0.5) is 0 Å². The molecule has 0 bridgehead atoms. The zero-order valence-corrected chi connectivity index (χ0v) is 8.15. The van der Waals surface area contributed by atoms with Crippen molar-refractivity contribution in [3.05, 3.63) is 36.9 Å². The summed E-state index contributed by atoms with van der Waals surface area (Å²) < 4.78 is 3.45. The van der Waals surface area contributed by atoms with Crippen molar-refractivity contribution >= 4 is 22.3 Å². The predicted octanol–water partition coefficient (Wildman–Crippen LogP) is 0.925. The number of para-hydroxylation sites is 1. The van der Waals surface area contributed by atoms with Crippen molar-refractivity contribution in [2.75, 3.05) is 0 Å². The number of aromatic nitrogens is 6. The Bertz CT molecular complexity index is 743. The maximum Gasteiger partial charge on any atom is 0.255 e. The molecule has 16 heavy (non-hydrogen) atoms. The Hall–Kier alpha value is -2.50. The summed E-state index contributed by atoms with van der Waals surface area (Å²) in [6.07, 6.45) is 3.04. The molecule has 1 aromatic carbocycles. The van der Waals surface area contributed by atoms with Gasteiger partial charge in [-0.05, 0) is 12.1 Å². The molecule has 6 nitrogen and oxygen atoms in total. The minimum atomic E-state index is 0.672. The number of rotatable bonds is 0. The third kappa shape index (κ3) is 0.773. The van der Waals surface area contributed by atoms with Crippen LogP contribution in [-0.2, 0) is 0 Å². The van der Waals surface area contributed by atoms with E-state index in [1.165, 1.54) is 12.7 Å². The average molecular weight is 210 g/mol. The fourth-order valence-electron chi connectivity index (χ4n) is 1.97. The zero-order valence-electron chi connectivity index (χ0n) is 8.15. The molecular formula is C10H6N6. The van der Waals surface area contributed by atoms with Crippen molar-refractivity contribution in [3.63, 3.8) is 0 Å². The SMILES string of the molecule is c1ccc2c(c1)c1ncnn1c1ncnn21. The van der Waals surface area contributed by atoms with Crippen molar-refractivity contribution in [1.82, 2.24) is 29.2 Å². The highest BCUT2D eigenvalue weighted by Crippen LogP contribution is 2.18. The average Bonchev–Trinajstić information content (AvgIpc) is 2.98. The van der Waals surface area contributed by atoms with E-state index in [2.05, 4.69) is 20.2 Å². The van der Waals surface area contributed by atoms with Crippen LogP contribution >= 0.6 is 0 Å². The minimum absolute atomic E-state index is 0.672. The Morgan fingerprint density at radius 2 is 1.69 bits per heavy atom. The van der Waals surface area contributed by atoms with Gasteiger partial charge in [-0.25, -0.2) is 4.98 Å². The molecule has 0 amide bonds. The second-order valence-electron chi connectivity index (χ2n) is 3.48. The first-order valence-corrected chi connectivity index (χ1v) is 4.85. The maximum atomic E-state index is 4.25. The summed E-state index contributed by atoms with van der Waals surface area (Å²) in [4.78, 5) is 8.43. The van der Waals surface area contributed by atoms with Gasteiger partial charge in [0, 0.05) is 5.39 Å². The van der Waals surface area contributed by atoms with Gasteiger partial charge < -0.3 is 0 Å². The molecule has 4 aromatic rings. The molecule has 4 rings (SSSR count). The molecule has 0 radical (unpaired) electrons. The van der Waals surface area contributed by atoms with Gasteiger partial charge in [-0.15, -0.1) is 0 Å². The van der Waals surface area contributed by atoms with Crippen LogP contribution in [0.25, 0.3) is 22.3 Å². The monoisotopic (exact) mass is 210 g/mol. The summed E-state index contributed by atoms with van der Waals surface area (Å²) in [6, 6.07) is 7.93. The first kappa shape index (κ1) is 7.75. The van der Waals surface area contributed by atoms with Crippen molar-refractivity contribution in [1.29, 1.82) is 0 Å². The molecule has 76 valence electrons. The molecule has 3 aromatic heterocycles. The minimum Gasteiger partial charge on any atom is -0.214 e. The third-order valence-electron chi connectivity index (χ3n) is 2.64. The second kappa shape index (κ2) is 2.54. The summed E-state index contributed by atoms with van der Waals surface area (Å²) in [5.41, 5.74) is 1.78. The standard InChI is InChI=1S/C10H6N6/c1-2-4-8-7(3-1)9-11-5-14-16(9)10-12-6-13-15(8)10/h1-6H. The van der Waals surface area contributed by atoms with Crippen LogP contribution in [-0.4, -0.2) is 29.2 Å². The summed E-state index contributed by atoms with van der Waals surface area (Å²) in [7, 11) is 0. The molecule has 0 atom stereocenters. The van der Waals surface area contributed by atoms with Gasteiger partial charge in [0.05, 0.1) is 5.52 Å². The van der Waals surface area contributed by atoms with Gasteiger partial charge in [-0.3, -0.25) is 0 Å². The molecule has 6 heteroatoms. The third-order valence-corrected chi connectivity index (χ3v) is 2.64. The van der Waals surface area contributed by atoms with Gasteiger partial charge in [0.2, 0.25) is 0 Å². The summed E-state index contributed by atoms with van der Waals surface area (Å²) in [5, 5.41) is 9.36. The van der Waals surface area contributed by atoms with Gasteiger partial charge in [0.15, 0.2) is 5.65 Å². The number of hydrogen-bond donors (Lipinski definition) is 0. The summed E-state index contributed by atoms with van der Waals surface area (Å²) >= 11 is 0. The van der Waals surface area contributed by atoms with Crippen molar-refractivity contribution in [3.8, 4) is 0 Å². The lowest BCUT2D eigenvalue weighted by Gasteiger charge is -2.02. The van der Waals surface area contributed by atoms with E-state index in [1.807, 2.05) is 24.3 Å².